The van der Waals surface area contributed by atoms with E-state index in [1.807, 2.05) is 6.07 Å². The van der Waals surface area contributed by atoms with Crippen LogP contribution in [0.4, 0.5) is 4.39 Å². The molecule has 0 saturated heterocycles. The fourth-order valence-electron chi connectivity index (χ4n) is 1.99. The molecule has 96 valence electrons. The van der Waals surface area contributed by atoms with Gasteiger partial charge in [-0.05, 0) is 30.3 Å². The molecule has 0 aliphatic rings. The monoisotopic (exact) mass is 257 g/mol. The van der Waals surface area contributed by atoms with Gasteiger partial charge in [0.05, 0.1) is 5.69 Å². The lowest BCUT2D eigenvalue weighted by Gasteiger charge is -2.04. The van der Waals surface area contributed by atoms with E-state index in [1.54, 1.807) is 30.3 Å². The Bertz CT molecular complexity index is 721. The zero-order valence-electron chi connectivity index (χ0n) is 10.1. The number of aromatic nitrogens is 1. The van der Waals surface area contributed by atoms with Gasteiger partial charge >= 0.3 is 0 Å². The van der Waals surface area contributed by atoms with Gasteiger partial charge in [-0.1, -0.05) is 12.1 Å². The molecule has 0 aliphatic carbocycles. The maximum absolute atomic E-state index is 13.5. The van der Waals surface area contributed by atoms with Crippen molar-refractivity contribution in [3.05, 3.63) is 60.0 Å². The van der Waals surface area contributed by atoms with Crippen LogP contribution in [0.5, 0.6) is 11.5 Å². The fraction of sp³-hybridized carbons (Fsp3) is 0.0667. The molecule has 1 aromatic heterocycles. The molecule has 19 heavy (non-hydrogen) atoms. The van der Waals surface area contributed by atoms with E-state index in [-0.39, 0.29) is 18.2 Å². The first kappa shape index (κ1) is 11.6. The lowest BCUT2D eigenvalue weighted by Crippen LogP contribution is -1.94. The molecule has 0 atom stereocenters. The summed E-state index contributed by atoms with van der Waals surface area (Å²) in [6, 6.07) is 13.2. The Morgan fingerprint density at radius 1 is 1.11 bits per heavy atom. The van der Waals surface area contributed by atoms with Gasteiger partial charge in [-0.3, -0.25) is 0 Å². The summed E-state index contributed by atoms with van der Waals surface area (Å²) >= 11 is 0. The average Bonchev–Trinajstić information content (AvgIpc) is 2.81. The van der Waals surface area contributed by atoms with Gasteiger partial charge in [0, 0.05) is 17.0 Å². The SMILES string of the molecule is Oc1cccc(OCc2cc3c(F)cccc3[nH]2)c1. The second-order valence-corrected chi connectivity index (χ2v) is 4.28. The molecule has 0 fully saturated rings. The summed E-state index contributed by atoms with van der Waals surface area (Å²) in [4.78, 5) is 3.09. The first-order chi connectivity index (χ1) is 9.22. The molecule has 0 spiro atoms. The number of ether oxygens (including phenoxy) is 1. The van der Waals surface area contributed by atoms with Crippen molar-refractivity contribution in [2.45, 2.75) is 6.61 Å². The summed E-state index contributed by atoms with van der Waals surface area (Å²) < 4.78 is 19.1. The van der Waals surface area contributed by atoms with E-state index in [4.69, 9.17) is 4.74 Å². The Kier molecular flexibility index (Phi) is 2.83. The molecule has 0 unspecified atom stereocenters. The quantitative estimate of drug-likeness (QED) is 0.753. The number of aromatic amines is 1. The van der Waals surface area contributed by atoms with E-state index in [2.05, 4.69) is 4.98 Å². The molecular weight excluding hydrogens is 245 g/mol. The zero-order chi connectivity index (χ0) is 13.2. The molecule has 0 aliphatic heterocycles. The van der Waals surface area contributed by atoms with Crippen molar-refractivity contribution in [3.63, 3.8) is 0 Å². The number of nitrogens with one attached hydrogen (secondary N) is 1. The fourth-order valence-corrected chi connectivity index (χ4v) is 1.99. The lowest BCUT2D eigenvalue weighted by molar-refractivity contribution is 0.300. The third kappa shape index (κ3) is 2.38. The minimum absolute atomic E-state index is 0.153. The number of rotatable bonds is 3. The molecule has 0 amide bonds. The second kappa shape index (κ2) is 4.65. The maximum Gasteiger partial charge on any atom is 0.132 e. The predicted octanol–water partition coefficient (Wildman–Crippen LogP) is 3.59. The third-order valence-corrected chi connectivity index (χ3v) is 2.88. The first-order valence-corrected chi connectivity index (χ1v) is 5.90. The largest absolute Gasteiger partial charge is 0.508 e. The van der Waals surface area contributed by atoms with Crippen LogP contribution in [-0.2, 0) is 6.61 Å². The number of phenols is 1. The lowest BCUT2D eigenvalue weighted by atomic mass is 10.2. The summed E-state index contributed by atoms with van der Waals surface area (Å²) in [5.41, 5.74) is 1.53. The minimum Gasteiger partial charge on any atom is -0.508 e. The molecule has 0 bridgehead atoms. The number of H-pyrrole nitrogens is 1. The van der Waals surface area contributed by atoms with Crippen LogP contribution in [0.15, 0.2) is 48.5 Å². The standard InChI is InChI=1S/C15H12FNO2/c16-14-5-2-6-15-13(14)7-10(17-15)9-19-12-4-1-3-11(18)8-12/h1-8,17-18H,9H2. The number of phenolic OH excluding ortho intramolecular Hbond substituents is 1. The van der Waals surface area contributed by atoms with Crippen LogP contribution in [0.3, 0.4) is 0 Å². The molecule has 4 heteroatoms. The van der Waals surface area contributed by atoms with Crippen LogP contribution in [0.2, 0.25) is 0 Å². The van der Waals surface area contributed by atoms with Crippen molar-refractivity contribution in [2.24, 2.45) is 0 Å². The number of hydrogen-bond acceptors (Lipinski definition) is 2. The third-order valence-electron chi connectivity index (χ3n) is 2.88. The van der Waals surface area contributed by atoms with Gasteiger partial charge in [-0.2, -0.15) is 0 Å². The second-order valence-electron chi connectivity index (χ2n) is 4.28. The summed E-state index contributed by atoms with van der Waals surface area (Å²) in [6.07, 6.45) is 0. The number of hydrogen-bond donors (Lipinski definition) is 2. The molecule has 0 radical (unpaired) electrons. The average molecular weight is 257 g/mol. The van der Waals surface area contributed by atoms with Crippen LogP contribution in [0.25, 0.3) is 10.9 Å². The molecule has 2 aromatic carbocycles. The van der Waals surface area contributed by atoms with E-state index in [0.717, 1.165) is 11.2 Å². The molecule has 3 aromatic rings. The van der Waals surface area contributed by atoms with Crippen molar-refractivity contribution < 1.29 is 14.2 Å². The van der Waals surface area contributed by atoms with Crippen molar-refractivity contribution in [1.29, 1.82) is 0 Å². The van der Waals surface area contributed by atoms with Gasteiger partial charge in [0.25, 0.3) is 0 Å². The van der Waals surface area contributed by atoms with E-state index >= 15 is 0 Å². The Morgan fingerprint density at radius 2 is 1.95 bits per heavy atom. The molecular formula is C15H12FNO2. The van der Waals surface area contributed by atoms with Gasteiger partial charge in [0.1, 0.15) is 23.9 Å². The van der Waals surface area contributed by atoms with Gasteiger partial charge in [0.2, 0.25) is 0 Å². The van der Waals surface area contributed by atoms with Crippen LogP contribution in [0, 0.1) is 5.82 Å². The van der Waals surface area contributed by atoms with E-state index in [0.29, 0.717) is 11.1 Å². The highest BCUT2D eigenvalue weighted by Crippen LogP contribution is 2.21. The summed E-state index contributed by atoms with van der Waals surface area (Å²) in [5, 5.41) is 9.88. The van der Waals surface area contributed by atoms with E-state index in [1.165, 1.54) is 12.1 Å². The number of fused-ring (bicyclic) bond motifs is 1. The summed E-state index contributed by atoms with van der Waals surface area (Å²) in [5.74, 6) is 0.469. The molecule has 3 nitrogen and oxygen atoms in total. The van der Waals surface area contributed by atoms with Crippen molar-refractivity contribution in [2.75, 3.05) is 0 Å². The first-order valence-electron chi connectivity index (χ1n) is 5.90. The summed E-state index contributed by atoms with van der Waals surface area (Å²) in [7, 11) is 0. The van der Waals surface area contributed by atoms with Crippen LogP contribution < -0.4 is 4.74 Å². The van der Waals surface area contributed by atoms with Crippen LogP contribution >= 0.6 is 0 Å². The molecule has 3 rings (SSSR count). The highest BCUT2D eigenvalue weighted by molar-refractivity contribution is 5.80. The van der Waals surface area contributed by atoms with Crippen LogP contribution in [0.1, 0.15) is 5.69 Å². The van der Waals surface area contributed by atoms with Crippen molar-refractivity contribution in [1.82, 2.24) is 4.98 Å². The highest BCUT2D eigenvalue weighted by atomic mass is 19.1. The molecule has 1 heterocycles. The number of halogens is 1. The smallest absolute Gasteiger partial charge is 0.132 e. The van der Waals surface area contributed by atoms with E-state index in [9.17, 15) is 9.50 Å². The predicted molar refractivity (Wildman–Crippen MR) is 70.7 cm³/mol. The van der Waals surface area contributed by atoms with Crippen molar-refractivity contribution >= 4 is 10.9 Å². The molecule has 2 N–H and O–H groups in total. The number of aromatic hydroxyl groups is 1. The summed E-state index contributed by atoms with van der Waals surface area (Å²) in [6.45, 7) is 0.289. The van der Waals surface area contributed by atoms with Gasteiger partial charge in [-0.15, -0.1) is 0 Å². The van der Waals surface area contributed by atoms with Gasteiger partial charge < -0.3 is 14.8 Å². The Morgan fingerprint density at radius 3 is 2.74 bits per heavy atom. The Hall–Kier alpha value is -2.49. The normalized spacial score (nSPS) is 10.8. The Balaban J connectivity index is 1.80. The highest BCUT2D eigenvalue weighted by Gasteiger charge is 2.05. The molecule has 0 saturated carbocycles. The topological polar surface area (TPSA) is 45.2 Å². The zero-order valence-corrected chi connectivity index (χ0v) is 10.1. The van der Waals surface area contributed by atoms with Gasteiger partial charge in [-0.25, -0.2) is 4.39 Å². The van der Waals surface area contributed by atoms with Gasteiger partial charge in [0.15, 0.2) is 0 Å². The van der Waals surface area contributed by atoms with Crippen molar-refractivity contribution in [3.8, 4) is 11.5 Å². The maximum atomic E-state index is 13.5. The number of benzene rings is 2. The Labute approximate surface area is 109 Å². The minimum atomic E-state index is -0.252. The van der Waals surface area contributed by atoms with Crippen LogP contribution in [-0.4, -0.2) is 10.1 Å². The van der Waals surface area contributed by atoms with E-state index < -0.39 is 0 Å².